The van der Waals surface area contributed by atoms with Gasteiger partial charge in [-0.15, -0.1) is 0 Å². The zero-order valence-corrected chi connectivity index (χ0v) is 13.7. The smallest absolute Gasteiger partial charge is 0.277 e. The van der Waals surface area contributed by atoms with Crippen molar-refractivity contribution in [3.8, 4) is 11.5 Å². The Labute approximate surface area is 132 Å². The molecule has 1 fully saturated rings. The van der Waals surface area contributed by atoms with Crippen molar-refractivity contribution in [1.82, 2.24) is 4.90 Å². The van der Waals surface area contributed by atoms with Crippen LogP contribution in [0, 0.1) is 0 Å². The second kappa shape index (κ2) is 5.80. The van der Waals surface area contributed by atoms with E-state index >= 15 is 0 Å². The maximum Gasteiger partial charge on any atom is 0.277 e. The zero-order chi connectivity index (χ0) is 15.7. The van der Waals surface area contributed by atoms with E-state index in [1.54, 1.807) is 0 Å². The fourth-order valence-corrected chi connectivity index (χ4v) is 3.09. The highest BCUT2D eigenvalue weighted by atomic mass is 16.7. The SMILES string of the molecule is CC(Cc1ccc2c(c1)OCO2)N(C)C(=O)C[N+]1(C)CCC1. The normalized spacial score (nSPS) is 19.4. The molecule has 1 aromatic carbocycles. The fourth-order valence-electron chi connectivity index (χ4n) is 3.09. The number of carbonyl (C=O) groups excluding carboxylic acids is 1. The van der Waals surface area contributed by atoms with Crippen LogP contribution in [0.25, 0.3) is 0 Å². The van der Waals surface area contributed by atoms with Crippen molar-refractivity contribution in [1.29, 1.82) is 0 Å². The highest BCUT2D eigenvalue weighted by molar-refractivity contribution is 5.77. The maximum atomic E-state index is 12.4. The van der Waals surface area contributed by atoms with Gasteiger partial charge in [-0.3, -0.25) is 4.79 Å². The number of carbonyl (C=O) groups is 1. The van der Waals surface area contributed by atoms with Gasteiger partial charge < -0.3 is 18.9 Å². The highest BCUT2D eigenvalue weighted by Crippen LogP contribution is 2.33. The van der Waals surface area contributed by atoms with E-state index < -0.39 is 0 Å². The minimum atomic E-state index is 0.167. The third kappa shape index (κ3) is 3.04. The first-order chi connectivity index (χ1) is 10.5. The molecule has 0 N–H and O–H groups in total. The minimum absolute atomic E-state index is 0.167. The second-order valence-corrected chi connectivity index (χ2v) is 6.82. The van der Waals surface area contributed by atoms with Crippen LogP contribution in [0.5, 0.6) is 11.5 Å². The van der Waals surface area contributed by atoms with Crippen molar-refractivity contribution < 1.29 is 18.8 Å². The van der Waals surface area contributed by atoms with E-state index in [2.05, 4.69) is 14.0 Å². The number of nitrogens with zero attached hydrogens (tertiary/aromatic N) is 2. The number of benzene rings is 1. The lowest BCUT2D eigenvalue weighted by Crippen LogP contribution is -2.59. The van der Waals surface area contributed by atoms with E-state index in [9.17, 15) is 4.79 Å². The first-order valence-electron chi connectivity index (χ1n) is 7.95. The maximum absolute atomic E-state index is 12.4. The first kappa shape index (κ1) is 15.2. The summed E-state index contributed by atoms with van der Waals surface area (Å²) in [5.41, 5.74) is 1.17. The summed E-state index contributed by atoms with van der Waals surface area (Å²) in [5.74, 6) is 1.84. The summed E-state index contributed by atoms with van der Waals surface area (Å²) in [6.07, 6.45) is 2.06. The fraction of sp³-hybridized carbons (Fsp3) is 0.588. The molecular formula is C17H25N2O3+. The van der Waals surface area contributed by atoms with E-state index in [1.165, 1.54) is 12.0 Å². The summed E-state index contributed by atoms with van der Waals surface area (Å²) in [6.45, 7) is 5.25. The van der Waals surface area contributed by atoms with Gasteiger partial charge in [-0.25, -0.2) is 0 Å². The molecule has 2 heterocycles. The van der Waals surface area contributed by atoms with Gasteiger partial charge in [0.2, 0.25) is 6.79 Å². The largest absolute Gasteiger partial charge is 0.454 e. The van der Waals surface area contributed by atoms with E-state index in [0.717, 1.165) is 35.5 Å². The van der Waals surface area contributed by atoms with Gasteiger partial charge in [-0.2, -0.15) is 0 Å². The Hall–Kier alpha value is -1.75. The summed E-state index contributed by atoms with van der Waals surface area (Å²) in [4.78, 5) is 14.3. The summed E-state index contributed by atoms with van der Waals surface area (Å²) in [7, 11) is 4.07. The van der Waals surface area contributed by atoms with Crippen LogP contribution in [-0.4, -0.2) is 61.9 Å². The van der Waals surface area contributed by atoms with Gasteiger partial charge in [0, 0.05) is 19.5 Å². The predicted molar refractivity (Wildman–Crippen MR) is 83.9 cm³/mol. The van der Waals surface area contributed by atoms with Crippen molar-refractivity contribution in [3.63, 3.8) is 0 Å². The quantitative estimate of drug-likeness (QED) is 0.777. The Kier molecular flexibility index (Phi) is 4.00. The molecule has 2 aliphatic heterocycles. The van der Waals surface area contributed by atoms with Crippen molar-refractivity contribution in [3.05, 3.63) is 23.8 Å². The number of hydrogen-bond acceptors (Lipinski definition) is 3. The number of fused-ring (bicyclic) bond motifs is 1. The molecule has 0 bridgehead atoms. The first-order valence-corrected chi connectivity index (χ1v) is 7.95. The molecule has 0 radical (unpaired) electrons. The third-order valence-corrected chi connectivity index (χ3v) is 4.94. The Morgan fingerprint density at radius 2 is 2.05 bits per heavy atom. The molecule has 0 aliphatic carbocycles. The molecule has 120 valence electrons. The Bertz CT molecular complexity index is 569. The molecule has 1 aromatic rings. The summed E-state index contributed by atoms with van der Waals surface area (Å²) >= 11 is 0. The standard InChI is InChI=1S/C17H25N2O3/c1-13(18(2)17(20)11-19(3)7-4-8-19)9-14-5-6-15-16(10-14)22-12-21-15/h5-6,10,13H,4,7-9,11-12H2,1-3H3/q+1. The summed E-state index contributed by atoms with van der Waals surface area (Å²) < 4.78 is 11.6. The molecule has 5 nitrogen and oxygen atoms in total. The Balaban J connectivity index is 1.58. The van der Waals surface area contributed by atoms with E-state index in [4.69, 9.17) is 9.47 Å². The number of quaternary nitrogens is 1. The van der Waals surface area contributed by atoms with Gasteiger partial charge in [-0.05, 0) is 31.0 Å². The summed E-state index contributed by atoms with van der Waals surface area (Å²) in [6, 6.07) is 6.17. The minimum Gasteiger partial charge on any atom is -0.454 e. The van der Waals surface area contributed by atoms with Crippen LogP contribution in [0.3, 0.4) is 0 Å². The van der Waals surface area contributed by atoms with Gasteiger partial charge in [0.15, 0.2) is 18.0 Å². The number of likely N-dealkylation sites (N-methyl/N-ethyl adjacent to an activating group) is 2. The molecule has 2 aliphatic rings. The molecular weight excluding hydrogens is 280 g/mol. The lowest BCUT2D eigenvalue weighted by molar-refractivity contribution is -0.939. The number of rotatable bonds is 5. The van der Waals surface area contributed by atoms with Crippen molar-refractivity contribution in [2.24, 2.45) is 0 Å². The van der Waals surface area contributed by atoms with Gasteiger partial charge in [-0.1, -0.05) is 6.07 Å². The van der Waals surface area contributed by atoms with Crippen molar-refractivity contribution >= 4 is 5.91 Å². The molecule has 0 aromatic heterocycles. The van der Waals surface area contributed by atoms with Crippen molar-refractivity contribution in [2.75, 3.05) is 40.5 Å². The summed E-state index contributed by atoms with van der Waals surface area (Å²) in [5, 5.41) is 0. The topological polar surface area (TPSA) is 38.8 Å². The van der Waals surface area contributed by atoms with Gasteiger partial charge in [0.1, 0.15) is 0 Å². The van der Waals surface area contributed by atoms with Crippen molar-refractivity contribution in [2.45, 2.75) is 25.8 Å². The number of hydrogen-bond donors (Lipinski definition) is 0. The molecule has 1 unspecified atom stereocenters. The molecule has 1 amide bonds. The van der Waals surface area contributed by atoms with Crippen LogP contribution in [0.15, 0.2) is 18.2 Å². The lowest BCUT2D eigenvalue weighted by atomic mass is 10.1. The zero-order valence-electron chi connectivity index (χ0n) is 13.7. The van der Waals surface area contributed by atoms with E-state index in [-0.39, 0.29) is 11.9 Å². The van der Waals surface area contributed by atoms with Crippen LogP contribution in [0.1, 0.15) is 18.9 Å². The van der Waals surface area contributed by atoms with Gasteiger partial charge in [0.05, 0.1) is 20.1 Å². The predicted octanol–water partition coefficient (Wildman–Crippen LogP) is 1.66. The van der Waals surface area contributed by atoms with Crippen LogP contribution >= 0.6 is 0 Å². The molecule has 3 rings (SSSR count). The number of likely N-dealkylation sites (tertiary alicyclic amines) is 1. The second-order valence-electron chi connectivity index (χ2n) is 6.82. The molecule has 5 heteroatoms. The van der Waals surface area contributed by atoms with Crippen LogP contribution < -0.4 is 9.47 Å². The average molecular weight is 305 g/mol. The molecule has 1 saturated heterocycles. The number of ether oxygens (including phenoxy) is 2. The molecule has 0 spiro atoms. The highest BCUT2D eigenvalue weighted by Gasteiger charge is 2.34. The number of amides is 1. The molecule has 22 heavy (non-hydrogen) atoms. The van der Waals surface area contributed by atoms with Crippen LogP contribution in [0.2, 0.25) is 0 Å². The monoisotopic (exact) mass is 305 g/mol. The third-order valence-electron chi connectivity index (χ3n) is 4.94. The van der Waals surface area contributed by atoms with Crippen LogP contribution in [-0.2, 0) is 11.2 Å². The van der Waals surface area contributed by atoms with Crippen LogP contribution in [0.4, 0.5) is 0 Å². The average Bonchev–Trinajstić information content (AvgIpc) is 2.92. The molecule has 0 saturated carbocycles. The molecule has 1 atom stereocenters. The van der Waals surface area contributed by atoms with E-state index in [1.807, 2.05) is 30.1 Å². The van der Waals surface area contributed by atoms with Gasteiger partial charge >= 0.3 is 0 Å². The Morgan fingerprint density at radius 3 is 2.73 bits per heavy atom. The van der Waals surface area contributed by atoms with E-state index in [0.29, 0.717) is 13.3 Å². The van der Waals surface area contributed by atoms with Gasteiger partial charge in [0.25, 0.3) is 5.91 Å². The lowest BCUT2D eigenvalue weighted by Gasteiger charge is -2.42. The Morgan fingerprint density at radius 1 is 1.32 bits per heavy atom.